The van der Waals surface area contributed by atoms with E-state index < -0.39 is 0 Å². The first-order chi connectivity index (χ1) is 13.6. The first kappa shape index (κ1) is 24.9. The number of ether oxygens (including phenoxy) is 2. The zero-order chi connectivity index (χ0) is 22.0. The molecule has 160 valence electrons. The molecule has 1 heterocycles. The molecule has 0 amide bonds. The fraction of sp³-hybridized carbons (Fsp3) is 0.500. The van der Waals surface area contributed by atoms with Gasteiger partial charge in [-0.15, -0.1) is 0 Å². The lowest BCUT2D eigenvalue weighted by atomic mass is 9.79. The highest BCUT2D eigenvalue weighted by molar-refractivity contribution is 5.72. The number of hydrogen-bond acceptors (Lipinski definition) is 3. The van der Waals surface area contributed by atoms with Crippen LogP contribution < -0.4 is 4.74 Å². The molecule has 1 saturated heterocycles. The molecule has 0 saturated carbocycles. The average molecular weight is 399 g/mol. The van der Waals surface area contributed by atoms with Crippen LogP contribution >= 0.6 is 0 Å². The van der Waals surface area contributed by atoms with Gasteiger partial charge in [-0.3, -0.25) is 0 Å². The summed E-state index contributed by atoms with van der Waals surface area (Å²) in [7, 11) is 1.70. The predicted octanol–water partition coefficient (Wildman–Crippen LogP) is 6.51. The van der Waals surface area contributed by atoms with Crippen LogP contribution in [0.15, 0.2) is 48.5 Å². The number of carbonyl (C=O) groups is 1. The molecule has 0 aliphatic carbocycles. The molecule has 3 nitrogen and oxygen atoms in total. The van der Waals surface area contributed by atoms with E-state index in [9.17, 15) is 4.79 Å². The Morgan fingerprint density at radius 1 is 1.07 bits per heavy atom. The van der Waals surface area contributed by atoms with Crippen LogP contribution in [0.5, 0.6) is 5.75 Å². The van der Waals surface area contributed by atoms with E-state index in [1.54, 1.807) is 7.11 Å². The first-order valence-corrected chi connectivity index (χ1v) is 10.3. The van der Waals surface area contributed by atoms with E-state index in [0.29, 0.717) is 11.8 Å². The Bertz CT molecular complexity index is 746. The minimum Gasteiger partial charge on any atom is -0.496 e. The summed E-state index contributed by atoms with van der Waals surface area (Å²) in [5.74, 6) is 2.41. The smallest absolute Gasteiger partial charge is 0.126 e. The van der Waals surface area contributed by atoms with Crippen LogP contribution in [0.1, 0.15) is 63.6 Å². The van der Waals surface area contributed by atoms with E-state index in [0.717, 1.165) is 18.8 Å². The number of carbonyl (C=O) groups excluding carboxylic acids is 1. The van der Waals surface area contributed by atoms with Crippen molar-refractivity contribution in [2.24, 2.45) is 5.92 Å². The van der Waals surface area contributed by atoms with E-state index in [4.69, 9.17) is 9.47 Å². The highest BCUT2D eigenvalue weighted by Gasteiger charge is 2.33. The molecular weight excluding hydrogens is 360 g/mol. The Kier molecular flexibility index (Phi) is 10.1. The number of hydrogen-bond donors (Lipinski definition) is 0. The lowest BCUT2D eigenvalue weighted by Crippen LogP contribution is -2.37. The Morgan fingerprint density at radius 3 is 2.14 bits per heavy atom. The first-order valence-electron chi connectivity index (χ1n) is 10.3. The van der Waals surface area contributed by atoms with Crippen LogP contribution in [0.2, 0.25) is 0 Å². The van der Waals surface area contributed by atoms with E-state index in [2.05, 4.69) is 70.2 Å². The van der Waals surface area contributed by atoms with Crippen LogP contribution in [-0.4, -0.2) is 25.1 Å². The molecule has 2 aromatic carbocycles. The molecule has 3 rings (SSSR count). The standard InChI is InChI=1S/C14H20O.C9H12O.C3H6O/c1-11-9-14(2,3)15-10-13(11)12-7-5-4-6-8-12;1-7-4-5-8(2)9(6-7)10-3;1-3(2)4/h4-8,11,13H,9-10H2,1-3H3;4-6H,1-3H3;1-2H3. The maximum absolute atomic E-state index is 9.44. The monoisotopic (exact) mass is 398 g/mol. The minimum atomic E-state index is 0.0602. The van der Waals surface area contributed by atoms with Gasteiger partial charge in [0.25, 0.3) is 0 Å². The van der Waals surface area contributed by atoms with E-state index in [1.807, 2.05) is 13.0 Å². The second-order valence-electron chi connectivity index (χ2n) is 8.65. The topological polar surface area (TPSA) is 35.5 Å². The van der Waals surface area contributed by atoms with Crippen molar-refractivity contribution in [1.82, 2.24) is 0 Å². The lowest BCUT2D eigenvalue weighted by Gasteiger charge is -2.39. The van der Waals surface area contributed by atoms with Gasteiger partial charge in [0, 0.05) is 5.92 Å². The van der Waals surface area contributed by atoms with Gasteiger partial charge in [0.2, 0.25) is 0 Å². The number of aryl methyl sites for hydroxylation is 2. The van der Waals surface area contributed by atoms with Gasteiger partial charge in [0.05, 0.1) is 19.3 Å². The fourth-order valence-electron chi connectivity index (χ4n) is 3.51. The van der Waals surface area contributed by atoms with Crippen molar-refractivity contribution in [3.8, 4) is 5.75 Å². The molecule has 2 aromatic rings. The molecule has 0 aromatic heterocycles. The van der Waals surface area contributed by atoms with Gasteiger partial charge in [0.15, 0.2) is 0 Å². The normalized spacial score (nSPS) is 19.7. The lowest BCUT2D eigenvalue weighted by molar-refractivity contribution is -0.115. The molecule has 0 radical (unpaired) electrons. The van der Waals surface area contributed by atoms with Crippen molar-refractivity contribution in [2.75, 3.05) is 13.7 Å². The summed E-state index contributed by atoms with van der Waals surface area (Å²) in [6.45, 7) is 14.7. The van der Waals surface area contributed by atoms with Crippen LogP contribution in [0.25, 0.3) is 0 Å². The van der Waals surface area contributed by atoms with Crippen molar-refractivity contribution >= 4 is 5.78 Å². The van der Waals surface area contributed by atoms with Crippen LogP contribution in [0.3, 0.4) is 0 Å². The molecule has 1 fully saturated rings. The number of Topliss-reactive ketones (excluding diaryl/α,β-unsaturated/α-hetero) is 1. The molecule has 2 unspecified atom stereocenters. The van der Waals surface area contributed by atoms with Gasteiger partial charge in [0.1, 0.15) is 11.5 Å². The number of benzene rings is 2. The highest BCUT2D eigenvalue weighted by Crippen LogP contribution is 2.37. The molecule has 0 bridgehead atoms. The van der Waals surface area contributed by atoms with Gasteiger partial charge in [-0.05, 0) is 76.6 Å². The molecule has 1 aliphatic heterocycles. The quantitative estimate of drug-likeness (QED) is 0.578. The molecule has 3 heteroatoms. The van der Waals surface area contributed by atoms with Gasteiger partial charge < -0.3 is 14.3 Å². The second kappa shape index (κ2) is 11.8. The zero-order valence-electron chi connectivity index (χ0n) is 19.4. The Labute approximate surface area is 177 Å². The van der Waals surface area contributed by atoms with E-state index in [1.165, 1.54) is 30.5 Å². The fourth-order valence-corrected chi connectivity index (χ4v) is 3.51. The van der Waals surface area contributed by atoms with Crippen molar-refractivity contribution in [3.05, 3.63) is 65.2 Å². The second-order valence-corrected chi connectivity index (χ2v) is 8.65. The van der Waals surface area contributed by atoms with Crippen LogP contribution in [-0.2, 0) is 9.53 Å². The van der Waals surface area contributed by atoms with Gasteiger partial charge in [-0.2, -0.15) is 0 Å². The summed E-state index contributed by atoms with van der Waals surface area (Å²) < 4.78 is 11.0. The third-order valence-electron chi connectivity index (χ3n) is 4.95. The van der Waals surface area contributed by atoms with Crippen molar-refractivity contribution in [3.63, 3.8) is 0 Å². The molecule has 1 aliphatic rings. The number of methoxy groups -OCH3 is 1. The summed E-state index contributed by atoms with van der Waals surface area (Å²) >= 11 is 0. The largest absolute Gasteiger partial charge is 0.496 e. The third kappa shape index (κ3) is 9.27. The molecule has 29 heavy (non-hydrogen) atoms. The third-order valence-corrected chi connectivity index (χ3v) is 4.95. The minimum absolute atomic E-state index is 0.0602. The molecule has 0 spiro atoms. The maximum Gasteiger partial charge on any atom is 0.126 e. The van der Waals surface area contributed by atoms with Crippen molar-refractivity contribution in [2.45, 2.75) is 66.4 Å². The summed E-state index contributed by atoms with van der Waals surface area (Å²) in [5, 5.41) is 0. The zero-order valence-corrected chi connectivity index (χ0v) is 19.4. The van der Waals surface area contributed by atoms with Crippen LogP contribution in [0, 0.1) is 19.8 Å². The van der Waals surface area contributed by atoms with E-state index >= 15 is 0 Å². The predicted molar refractivity (Wildman–Crippen MR) is 122 cm³/mol. The van der Waals surface area contributed by atoms with Gasteiger partial charge >= 0.3 is 0 Å². The number of rotatable bonds is 2. The van der Waals surface area contributed by atoms with Gasteiger partial charge in [-0.25, -0.2) is 0 Å². The van der Waals surface area contributed by atoms with Crippen LogP contribution in [0.4, 0.5) is 0 Å². The summed E-state index contributed by atoms with van der Waals surface area (Å²) in [4.78, 5) is 9.44. The highest BCUT2D eigenvalue weighted by atomic mass is 16.5. The molecular formula is C26H38O3. The maximum atomic E-state index is 9.44. The van der Waals surface area contributed by atoms with Gasteiger partial charge in [-0.1, -0.05) is 49.4 Å². The van der Waals surface area contributed by atoms with Crippen molar-refractivity contribution in [1.29, 1.82) is 0 Å². The summed E-state index contributed by atoms with van der Waals surface area (Å²) in [6.07, 6.45) is 1.15. The Morgan fingerprint density at radius 2 is 1.66 bits per heavy atom. The average Bonchev–Trinajstić information content (AvgIpc) is 2.64. The van der Waals surface area contributed by atoms with E-state index in [-0.39, 0.29) is 11.4 Å². The van der Waals surface area contributed by atoms with Crippen molar-refractivity contribution < 1.29 is 14.3 Å². The number of ketones is 1. The molecule has 2 atom stereocenters. The molecule has 0 N–H and O–H groups in total. The summed E-state index contributed by atoms with van der Waals surface area (Å²) in [6, 6.07) is 16.9. The summed E-state index contributed by atoms with van der Waals surface area (Å²) in [5.41, 5.74) is 3.90. The Balaban J connectivity index is 0.000000259. The Hall–Kier alpha value is -2.13. The SMILES string of the molecule is CC(C)=O.CC1CC(C)(C)OCC1c1ccccc1.COc1cc(C)ccc1C.